The van der Waals surface area contributed by atoms with Crippen LogP contribution < -0.4 is 10.6 Å². The molecule has 1 aliphatic carbocycles. The minimum absolute atomic E-state index is 0.169. The lowest BCUT2D eigenvalue weighted by atomic mass is 9.90. The molecule has 0 saturated heterocycles. The molecule has 1 unspecified atom stereocenters. The van der Waals surface area contributed by atoms with Gasteiger partial charge in [-0.15, -0.1) is 0 Å². The van der Waals surface area contributed by atoms with Crippen LogP contribution in [0.5, 0.6) is 0 Å². The second kappa shape index (κ2) is 9.33. The van der Waals surface area contributed by atoms with Crippen molar-refractivity contribution in [2.24, 2.45) is 11.8 Å². The van der Waals surface area contributed by atoms with Crippen LogP contribution in [0.1, 0.15) is 65.6 Å². The maximum absolute atomic E-state index is 13.0. The highest BCUT2D eigenvalue weighted by atomic mass is 16.2. The summed E-state index contributed by atoms with van der Waals surface area (Å²) >= 11 is 0. The minimum atomic E-state index is -0.192. The zero-order valence-corrected chi connectivity index (χ0v) is 18.2. The van der Waals surface area contributed by atoms with Crippen molar-refractivity contribution in [3.63, 3.8) is 0 Å². The summed E-state index contributed by atoms with van der Waals surface area (Å²) in [5.41, 5.74) is 2.63. The molecule has 6 heteroatoms. The third kappa shape index (κ3) is 5.32. The lowest BCUT2D eigenvalue weighted by Crippen LogP contribution is -2.30. The topological polar surface area (TPSA) is 75.5 Å². The molecule has 31 heavy (non-hydrogen) atoms. The van der Waals surface area contributed by atoms with Crippen LogP contribution in [0.15, 0.2) is 54.7 Å². The minimum Gasteiger partial charge on any atom is -0.350 e. The molecular weight excluding hydrogens is 388 g/mol. The van der Waals surface area contributed by atoms with E-state index in [2.05, 4.69) is 41.6 Å². The van der Waals surface area contributed by atoms with Gasteiger partial charge < -0.3 is 10.6 Å². The Morgan fingerprint density at radius 2 is 1.81 bits per heavy atom. The highest BCUT2D eigenvalue weighted by Crippen LogP contribution is 2.27. The maximum atomic E-state index is 13.0. The van der Waals surface area contributed by atoms with Crippen LogP contribution in [0.4, 0.5) is 0 Å². The van der Waals surface area contributed by atoms with Gasteiger partial charge in [0.15, 0.2) is 0 Å². The monoisotopic (exact) mass is 418 g/mol. The summed E-state index contributed by atoms with van der Waals surface area (Å²) in [5.74, 6) is 1.01. The fourth-order valence-corrected chi connectivity index (χ4v) is 3.89. The molecule has 1 atom stereocenters. The quantitative estimate of drug-likeness (QED) is 0.551. The summed E-state index contributed by atoms with van der Waals surface area (Å²) in [5, 5.41) is 6.03. The van der Waals surface area contributed by atoms with E-state index in [9.17, 15) is 9.59 Å². The molecule has 1 saturated carbocycles. The van der Waals surface area contributed by atoms with Gasteiger partial charge in [0.1, 0.15) is 17.0 Å². The average Bonchev–Trinajstić information content (AvgIpc) is 3.50. The molecule has 0 spiro atoms. The van der Waals surface area contributed by atoms with E-state index in [0.29, 0.717) is 42.0 Å². The van der Waals surface area contributed by atoms with E-state index in [0.717, 1.165) is 6.42 Å². The van der Waals surface area contributed by atoms with Gasteiger partial charge >= 0.3 is 0 Å². The van der Waals surface area contributed by atoms with E-state index in [1.165, 1.54) is 18.4 Å². The fraction of sp³-hybridized carbons (Fsp3) is 0.400. The molecule has 3 aromatic rings. The molecule has 4 rings (SSSR count). The number of nitrogens with zero attached hydrogens (tertiary/aromatic N) is 2. The summed E-state index contributed by atoms with van der Waals surface area (Å²) in [6.45, 7) is 5.64. The molecule has 0 aliphatic heterocycles. The van der Waals surface area contributed by atoms with Crippen LogP contribution in [-0.4, -0.2) is 34.3 Å². The number of carbonyl (C=O) groups is 2. The van der Waals surface area contributed by atoms with E-state index in [4.69, 9.17) is 0 Å². The lowest BCUT2D eigenvalue weighted by molar-refractivity contribution is 0.0935. The number of hydrogen-bond acceptors (Lipinski definition) is 3. The van der Waals surface area contributed by atoms with E-state index >= 15 is 0 Å². The largest absolute Gasteiger partial charge is 0.350 e. The zero-order valence-electron chi connectivity index (χ0n) is 18.2. The van der Waals surface area contributed by atoms with E-state index in [1.54, 1.807) is 28.8 Å². The second-order valence-electron chi connectivity index (χ2n) is 8.87. The highest BCUT2D eigenvalue weighted by Gasteiger charge is 2.23. The van der Waals surface area contributed by atoms with Crippen LogP contribution in [0.3, 0.4) is 0 Å². The van der Waals surface area contributed by atoms with Gasteiger partial charge in [-0.3, -0.25) is 14.0 Å². The Balaban J connectivity index is 1.48. The number of pyridine rings is 1. The highest BCUT2D eigenvalue weighted by molar-refractivity contribution is 5.95. The predicted molar refractivity (Wildman–Crippen MR) is 121 cm³/mol. The molecule has 0 bridgehead atoms. The Morgan fingerprint density at radius 3 is 2.52 bits per heavy atom. The lowest BCUT2D eigenvalue weighted by Gasteiger charge is -2.20. The van der Waals surface area contributed by atoms with E-state index < -0.39 is 0 Å². The number of aromatic nitrogens is 2. The van der Waals surface area contributed by atoms with Gasteiger partial charge in [-0.1, -0.05) is 50.2 Å². The molecule has 0 radical (unpaired) electrons. The molecular formula is C25H30N4O2. The number of carbonyl (C=O) groups excluding carboxylic acids is 2. The summed E-state index contributed by atoms with van der Waals surface area (Å²) in [4.78, 5) is 29.8. The molecule has 162 valence electrons. The van der Waals surface area contributed by atoms with Gasteiger partial charge in [0.05, 0.1) is 0 Å². The first-order valence-corrected chi connectivity index (χ1v) is 11.1. The van der Waals surface area contributed by atoms with Gasteiger partial charge in [-0.2, -0.15) is 0 Å². The summed E-state index contributed by atoms with van der Waals surface area (Å²) in [6.07, 6.45) is 4.99. The SMILES string of the molecule is CC(C)CC(CNC(=O)c1cccc2nc(C(=O)NCC3CC3)cn12)c1ccccc1. The van der Waals surface area contributed by atoms with Crippen LogP contribution in [0, 0.1) is 11.8 Å². The first kappa shape index (κ1) is 21.1. The Bertz CT molecular complexity index is 1050. The van der Waals surface area contributed by atoms with Crippen molar-refractivity contribution in [3.8, 4) is 0 Å². The zero-order chi connectivity index (χ0) is 21.8. The number of rotatable bonds is 9. The predicted octanol–water partition coefficient (Wildman–Crippen LogP) is 4.03. The molecule has 1 fully saturated rings. The van der Waals surface area contributed by atoms with E-state index in [-0.39, 0.29) is 17.7 Å². The molecule has 2 amide bonds. The van der Waals surface area contributed by atoms with Crippen LogP contribution in [-0.2, 0) is 0 Å². The number of hydrogen-bond donors (Lipinski definition) is 2. The smallest absolute Gasteiger partial charge is 0.271 e. The average molecular weight is 419 g/mol. The molecule has 2 aromatic heterocycles. The summed E-state index contributed by atoms with van der Waals surface area (Å²) < 4.78 is 1.70. The van der Waals surface area contributed by atoms with Gasteiger partial charge in [-0.05, 0) is 48.8 Å². The Kier molecular flexibility index (Phi) is 6.35. The Hall–Kier alpha value is -3.15. The van der Waals surface area contributed by atoms with Crippen molar-refractivity contribution in [1.82, 2.24) is 20.0 Å². The number of fused-ring (bicyclic) bond motifs is 1. The van der Waals surface area contributed by atoms with Crippen molar-refractivity contribution in [3.05, 3.63) is 71.7 Å². The molecule has 2 heterocycles. The third-order valence-corrected chi connectivity index (χ3v) is 5.74. The standard InChI is InChI=1S/C25H30N4O2/c1-17(2)13-20(19-7-4-3-5-8-19)15-27-25(31)22-9-6-10-23-28-21(16-29(22)23)24(30)26-14-18-11-12-18/h3-10,16-18,20H,11-15H2,1-2H3,(H,26,30)(H,27,31). The second-order valence-corrected chi connectivity index (χ2v) is 8.87. The maximum Gasteiger partial charge on any atom is 0.271 e. The number of amides is 2. The van der Waals surface area contributed by atoms with E-state index in [1.807, 2.05) is 18.2 Å². The number of imidazole rings is 1. The van der Waals surface area contributed by atoms with Crippen LogP contribution in [0.25, 0.3) is 5.65 Å². The fourth-order valence-electron chi connectivity index (χ4n) is 3.89. The number of nitrogens with one attached hydrogen (secondary N) is 2. The van der Waals surface area contributed by atoms with Crippen molar-refractivity contribution in [2.45, 2.75) is 39.0 Å². The third-order valence-electron chi connectivity index (χ3n) is 5.74. The van der Waals surface area contributed by atoms with Gasteiger partial charge in [0.2, 0.25) is 0 Å². The Labute approximate surface area is 183 Å². The van der Waals surface area contributed by atoms with Gasteiger partial charge in [0.25, 0.3) is 11.8 Å². The molecule has 1 aliphatic rings. The van der Waals surface area contributed by atoms with Gasteiger partial charge in [0, 0.05) is 25.2 Å². The van der Waals surface area contributed by atoms with Gasteiger partial charge in [-0.25, -0.2) is 4.98 Å². The normalized spacial score (nSPS) is 14.5. The summed E-state index contributed by atoms with van der Waals surface area (Å²) in [7, 11) is 0. The van der Waals surface area contributed by atoms with Crippen LogP contribution in [0.2, 0.25) is 0 Å². The van der Waals surface area contributed by atoms with Crippen molar-refractivity contribution in [2.75, 3.05) is 13.1 Å². The van der Waals surface area contributed by atoms with Crippen molar-refractivity contribution >= 4 is 17.5 Å². The summed E-state index contributed by atoms with van der Waals surface area (Å²) in [6, 6.07) is 15.7. The van der Waals surface area contributed by atoms with Crippen molar-refractivity contribution in [1.29, 1.82) is 0 Å². The molecule has 1 aromatic carbocycles. The molecule has 6 nitrogen and oxygen atoms in total. The van der Waals surface area contributed by atoms with Crippen LogP contribution >= 0.6 is 0 Å². The van der Waals surface area contributed by atoms with Crippen molar-refractivity contribution < 1.29 is 9.59 Å². The first-order valence-electron chi connectivity index (χ1n) is 11.1. The first-order chi connectivity index (χ1) is 15.0. The Morgan fingerprint density at radius 1 is 1.03 bits per heavy atom. The number of benzene rings is 1. The molecule has 2 N–H and O–H groups in total.